The van der Waals surface area contributed by atoms with E-state index in [0.717, 1.165) is 0 Å². The molecule has 0 unspecified atom stereocenters. The highest BCUT2D eigenvalue weighted by molar-refractivity contribution is 5.76. The first-order valence-electron chi connectivity index (χ1n) is 3.75. The summed E-state index contributed by atoms with van der Waals surface area (Å²) >= 11 is 0. The molecule has 1 rings (SSSR count). The van der Waals surface area contributed by atoms with E-state index >= 15 is 0 Å². The normalized spacial score (nSPS) is 9.31. The van der Waals surface area contributed by atoms with Crippen molar-refractivity contribution < 1.29 is 9.53 Å². The molecule has 0 amide bonds. The standard InChI is InChI=1S/C8H11N3O2/c1-13-7(12)5-11-6-3-2-4-10-8(6)9/h2-4,11H,5H2,1H3,(H2,9,10). The Hall–Kier alpha value is -1.78. The molecule has 1 aromatic heterocycles. The Balaban J connectivity index is 2.54. The van der Waals surface area contributed by atoms with Gasteiger partial charge >= 0.3 is 5.97 Å². The van der Waals surface area contributed by atoms with Crippen LogP contribution in [0.5, 0.6) is 0 Å². The average molecular weight is 181 g/mol. The Morgan fingerprint density at radius 1 is 1.77 bits per heavy atom. The molecule has 3 N–H and O–H groups in total. The number of carbonyl (C=O) groups excluding carboxylic acids is 1. The zero-order valence-electron chi connectivity index (χ0n) is 7.28. The van der Waals surface area contributed by atoms with E-state index in [-0.39, 0.29) is 12.5 Å². The zero-order chi connectivity index (χ0) is 9.68. The number of rotatable bonds is 3. The van der Waals surface area contributed by atoms with Crippen LogP contribution in [0.25, 0.3) is 0 Å². The SMILES string of the molecule is COC(=O)CNc1cccnc1N. The van der Waals surface area contributed by atoms with Gasteiger partial charge in [-0.1, -0.05) is 0 Å². The van der Waals surface area contributed by atoms with E-state index in [1.807, 2.05) is 0 Å². The summed E-state index contributed by atoms with van der Waals surface area (Å²) in [5.74, 6) is 0.0228. The van der Waals surface area contributed by atoms with E-state index in [0.29, 0.717) is 11.5 Å². The first kappa shape index (κ1) is 9.31. The zero-order valence-corrected chi connectivity index (χ0v) is 7.28. The Labute approximate surface area is 75.9 Å². The molecular formula is C8H11N3O2. The fourth-order valence-electron chi connectivity index (χ4n) is 0.807. The number of nitrogens with zero attached hydrogens (tertiary/aromatic N) is 1. The Morgan fingerprint density at radius 3 is 3.15 bits per heavy atom. The van der Waals surface area contributed by atoms with E-state index in [1.165, 1.54) is 7.11 Å². The monoisotopic (exact) mass is 181 g/mol. The third kappa shape index (κ3) is 2.62. The molecule has 0 atom stereocenters. The van der Waals surface area contributed by atoms with Gasteiger partial charge in [0, 0.05) is 6.20 Å². The number of anilines is 2. The average Bonchev–Trinajstić information content (AvgIpc) is 2.16. The topological polar surface area (TPSA) is 77.2 Å². The number of nitrogens with one attached hydrogen (secondary N) is 1. The van der Waals surface area contributed by atoms with Crippen molar-refractivity contribution in [1.82, 2.24) is 4.98 Å². The lowest BCUT2D eigenvalue weighted by Gasteiger charge is -2.05. The predicted octanol–water partition coefficient (Wildman–Crippen LogP) is 0.249. The molecule has 0 spiro atoms. The molecule has 1 heterocycles. The van der Waals surface area contributed by atoms with Crippen LogP contribution in [0.4, 0.5) is 11.5 Å². The van der Waals surface area contributed by atoms with Crippen molar-refractivity contribution in [2.24, 2.45) is 0 Å². The van der Waals surface area contributed by atoms with Gasteiger partial charge in [-0.05, 0) is 12.1 Å². The number of carbonyl (C=O) groups is 1. The molecule has 13 heavy (non-hydrogen) atoms. The number of esters is 1. The molecule has 5 heteroatoms. The highest BCUT2D eigenvalue weighted by Gasteiger charge is 2.01. The molecule has 5 nitrogen and oxygen atoms in total. The smallest absolute Gasteiger partial charge is 0.325 e. The number of hydrogen-bond donors (Lipinski definition) is 2. The lowest BCUT2D eigenvalue weighted by atomic mass is 10.4. The number of methoxy groups -OCH3 is 1. The van der Waals surface area contributed by atoms with Crippen molar-refractivity contribution in [3.05, 3.63) is 18.3 Å². The minimum atomic E-state index is -0.344. The minimum absolute atomic E-state index is 0.0897. The van der Waals surface area contributed by atoms with Gasteiger partial charge in [-0.2, -0.15) is 0 Å². The van der Waals surface area contributed by atoms with Gasteiger partial charge in [-0.25, -0.2) is 4.98 Å². The van der Waals surface area contributed by atoms with Crippen molar-refractivity contribution in [2.45, 2.75) is 0 Å². The van der Waals surface area contributed by atoms with Gasteiger partial charge < -0.3 is 15.8 Å². The molecule has 0 radical (unpaired) electrons. The van der Waals surface area contributed by atoms with Crippen molar-refractivity contribution in [2.75, 3.05) is 24.7 Å². The highest BCUT2D eigenvalue weighted by atomic mass is 16.5. The highest BCUT2D eigenvalue weighted by Crippen LogP contribution is 2.12. The minimum Gasteiger partial charge on any atom is -0.468 e. The number of ether oxygens (including phenoxy) is 1. The summed E-state index contributed by atoms with van der Waals surface area (Å²) < 4.78 is 4.45. The number of aromatic nitrogens is 1. The number of nitrogen functional groups attached to an aromatic ring is 1. The van der Waals surface area contributed by atoms with E-state index in [2.05, 4.69) is 15.0 Å². The van der Waals surface area contributed by atoms with Crippen LogP contribution in [-0.4, -0.2) is 24.6 Å². The molecule has 0 aliphatic heterocycles. The van der Waals surface area contributed by atoms with Crippen molar-refractivity contribution in [3.8, 4) is 0 Å². The van der Waals surface area contributed by atoms with E-state index in [4.69, 9.17) is 5.73 Å². The van der Waals surface area contributed by atoms with Crippen LogP contribution in [0.15, 0.2) is 18.3 Å². The van der Waals surface area contributed by atoms with Gasteiger partial charge in [-0.15, -0.1) is 0 Å². The molecular weight excluding hydrogens is 170 g/mol. The van der Waals surface area contributed by atoms with Gasteiger partial charge in [-0.3, -0.25) is 4.79 Å². The van der Waals surface area contributed by atoms with E-state index < -0.39 is 0 Å². The molecule has 0 fully saturated rings. The number of nitrogens with two attached hydrogens (primary N) is 1. The molecule has 0 aliphatic carbocycles. The first-order chi connectivity index (χ1) is 6.24. The van der Waals surface area contributed by atoms with Crippen LogP contribution in [0.2, 0.25) is 0 Å². The lowest BCUT2D eigenvalue weighted by Crippen LogP contribution is -2.15. The van der Waals surface area contributed by atoms with Gasteiger partial charge in [0.2, 0.25) is 0 Å². The van der Waals surface area contributed by atoms with Gasteiger partial charge in [0.05, 0.1) is 12.8 Å². The molecule has 0 aromatic carbocycles. The molecule has 0 aliphatic rings. The molecule has 0 bridgehead atoms. The van der Waals surface area contributed by atoms with Crippen molar-refractivity contribution in [1.29, 1.82) is 0 Å². The van der Waals surface area contributed by atoms with E-state index in [9.17, 15) is 4.79 Å². The fourth-order valence-corrected chi connectivity index (χ4v) is 0.807. The summed E-state index contributed by atoms with van der Waals surface area (Å²) in [5, 5.41) is 2.80. The van der Waals surface area contributed by atoms with Crippen LogP contribution in [0, 0.1) is 0 Å². The summed E-state index contributed by atoms with van der Waals surface area (Å²) in [6.07, 6.45) is 1.58. The third-order valence-electron chi connectivity index (χ3n) is 1.49. The summed E-state index contributed by atoms with van der Waals surface area (Å²) in [4.78, 5) is 14.6. The van der Waals surface area contributed by atoms with Gasteiger partial charge in [0.15, 0.2) is 0 Å². The quantitative estimate of drug-likeness (QED) is 0.653. The molecule has 0 saturated carbocycles. The van der Waals surface area contributed by atoms with Crippen LogP contribution < -0.4 is 11.1 Å². The van der Waals surface area contributed by atoms with Gasteiger partial charge in [0.1, 0.15) is 12.4 Å². The third-order valence-corrected chi connectivity index (χ3v) is 1.49. The summed E-state index contributed by atoms with van der Waals surface area (Å²) in [5.41, 5.74) is 6.15. The van der Waals surface area contributed by atoms with Crippen molar-refractivity contribution in [3.63, 3.8) is 0 Å². The predicted molar refractivity (Wildman–Crippen MR) is 49.2 cm³/mol. The Kier molecular flexibility index (Phi) is 3.08. The second-order valence-electron chi connectivity index (χ2n) is 2.37. The van der Waals surface area contributed by atoms with Gasteiger partial charge in [0.25, 0.3) is 0 Å². The second kappa shape index (κ2) is 4.30. The number of pyridine rings is 1. The summed E-state index contributed by atoms with van der Waals surface area (Å²) in [6.45, 7) is 0.0897. The Bertz CT molecular complexity index is 301. The maximum Gasteiger partial charge on any atom is 0.325 e. The van der Waals surface area contributed by atoms with Crippen molar-refractivity contribution >= 4 is 17.5 Å². The van der Waals surface area contributed by atoms with Crippen LogP contribution in [0.3, 0.4) is 0 Å². The second-order valence-corrected chi connectivity index (χ2v) is 2.37. The molecule has 0 saturated heterocycles. The largest absolute Gasteiger partial charge is 0.468 e. The maximum atomic E-state index is 10.8. The summed E-state index contributed by atoms with van der Waals surface area (Å²) in [7, 11) is 1.33. The van der Waals surface area contributed by atoms with E-state index in [1.54, 1.807) is 18.3 Å². The first-order valence-corrected chi connectivity index (χ1v) is 3.75. The molecule has 70 valence electrons. The molecule has 1 aromatic rings. The number of hydrogen-bond acceptors (Lipinski definition) is 5. The fraction of sp³-hybridized carbons (Fsp3) is 0.250. The van der Waals surface area contributed by atoms with Crippen LogP contribution in [-0.2, 0) is 9.53 Å². The lowest BCUT2D eigenvalue weighted by molar-refractivity contribution is -0.138. The summed E-state index contributed by atoms with van der Waals surface area (Å²) in [6, 6.07) is 3.47. The van der Waals surface area contributed by atoms with Crippen LogP contribution in [0.1, 0.15) is 0 Å². The maximum absolute atomic E-state index is 10.8. The Morgan fingerprint density at radius 2 is 2.54 bits per heavy atom. The van der Waals surface area contributed by atoms with Crippen LogP contribution >= 0.6 is 0 Å².